The fourth-order valence-electron chi connectivity index (χ4n) is 1.90. The lowest BCUT2D eigenvalue weighted by Gasteiger charge is -2.13. The van der Waals surface area contributed by atoms with E-state index in [0.29, 0.717) is 0 Å². The zero-order chi connectivity index (χ0) is 17.4. The Balaban J connectivity index is 2.59. The number of carbonyl (C=O) groups is 1. The molecule has 0 saturated carbocycles. The van der Waals surface area contributed by atoms with Crippen LogP contribution in [0.15, 0.2) is 24.4 Å². The van der Waals surface area contributed by atoms with Gasteiger partial charge in [-0.2, -0.15) is 13.2 Å². The molecule has 0 spiro atoms. The second-order valence-electron chi connectivity index (χ2n) is 4.54. The molecule has 2 rings (SSSR count). The fraction of sp³-hybridized carbons (Fsp3) is 0.143. The van der Waals surface area contributed by atoms with Crippen LogP contribution in [-0.2, 0) is 17.4 Å². The van der Waals surface area contributed by atoms with E-state index in [1.54, 1.807) is 0 Å². The highest BCUT2D eigenvalue weighted by Crippen LogP contribution is 2.38. The molecule has 1 N–H and O–H groups in total. The molecule has 3 nitrogen and oxygen atoms in total. The van der Waals surface area contributed by atoms with E-state index in [2.05, 4.69) is 4.98 Å². The van der Waals surface area contributed by atoms with Gasteiger partial charge >= 0.3 is 12.1 Å². The van der Waals surface area contributed by atoms with Gasteiger partial charge in [0, 0.05) is 11.8 Å². The lowest BCUT2D eigenvalue weighted by molar-refractivity contribution is -0.140. The van der Waals surface area contributed by atoms with Crippen LogP contribution in [0.2, 0.25) is 15.1 Å². The third kappa shape index (κ3) is 4.07. The zero-order valence-electron chi connectivity index (χ0n) is 11.1. The Bertz CT molecular complexity index is 755. The van der Waals surface area contributed by atoms with E-state index in [1.165, 1.54) is 12.1 Å². The lowest BCUT2D eigenvalue weighted by atomic mass is 10.0. The van der Waals surface area contributed by atoms with Gasteiger partial charge in [0.1, 0.15) is 0 Å². The number of nitrogens with zero attached hydrogens (tertiary/aromatic N) is 1. The first-order valence-electron chi connectivity index (χ1n) is 6.02. The molecule has 0 radical (unpaired) electrons. The molecule has 0 bridgehead atoms. The second-order valence-corrected chi connectivity index (χ2v) is 5.73. The van der Waals surface area contributed by atoms with E-state index < -0.39 is 29.8 Å². The number of hydrogen-bond acceptors (Lipinski definition) is 2. The Hall–Kier alpha value is -1.50. The monoisotopic (exact) mass is 383 g/mol. The SMILES string of the molecule is O=C(O)Cc1ncc(-c2cc(Cl)c(Cl)c(Cl)c2)cc1C(F)(F)F. The highest BCUT2D eigenvalue weighted by atomic mass is 35.5. The quantitative estimate of drug-likeness (QED) is 0.725. The summed E-state index contributed by atoms with van der Waals surface area (Å²) in [5.41, 5.74) is -1.32. The summed E-state index contributed by atoms with van der Waals surface area (Å²) in [4.78, 5) is 14.3. The summed E-state index contributed by atoms with van der Waals surface area (Å²) in [5, 5.41) is 8.94. The zero-order valence-corrected chi connectivity index (χ0v) is 13.4. The third-order valence-electron chi connectivity index (χ3n) is 2.91. The maximum Gasteiger partial charge on any atom is 0.418 e. The summed E-state index contributed by atoms with van der Waals surface area (Å²) in [7, 11) is 0. The Morgan fingerprint density at radius 2 is 1.65 bits per heavy atom. The maximum atomic E-state index is 13.1. The van der Waals surface area contributed by atoms with Gasteiger partial charge in [0.2, 0.25) is 0 Å². The lowest BCUT2D eigenvalue weighted by Crippen LogP contribution is -2.14. The van der Waals surface area contributed by atoms with Crippen molar-refractivity contribution in [2.45, 2.75) is 12.6 Å². The van der Waals surface area contributed by atoms with E-state index >= 15 is 0 Å². The van der Waals surface area contributed by atoms with Crippen molar-refractivity contribution < 1.29 is 23.1 Å². The molecule has 0 aliphatic heterocycles. The van der Waals surface area contributed by atoms with Gasteiger partial charge in [-0.15, -0.1) is 0 Å². The standard InChI is InChI=1S/C14H7Cl3F3NO2/c15-9-2-6(3-10(16)13(9)17)7-1-8(14(18,19)20)11(21-5-7)4-12(22)23/h1-3,5H,4H2,(H,22,23). The Morgan fingerprint density at radius 3 is 2.13 bits per heavy atom. The first-order valence-corrected chi connectivity index (χ1v) is 7.16. The van der Waals surface area contributed by atoms with Crippen molar-refractivity contribution in [2.24, 2.45) is 0 Å². The van der Waals surface area contributed by atoms with E-state index in [-0.39, 0.29) is 26.2 Å². The van der Waals surface area contributed by atoms with Gasteiger partial charge in [-0.05, 0) is 23.8 Å². The number of pyridine rings is 1. The average molecular weight is 385 g/mol. The van der Waals surface area contributed by atoms with Gasteiger partial charge in [-0.1, -0.05) is 34.8 Å². The molecular formula is C14H7Cl3F3NO2. The van der Waals surface area contributed by atoms with Crippen LogP contribution in [0.5, 0.6) is 0 Å². The van der Waals surface area contributed by atoms with Gasteiger partial charge in [-0.3, -0.25) is 9.78 Å². The van der Waals surface area contributed by atoms with Crippen LogP contribution in [0.1, 0.15) is 11.3 Å². The molecule has 23 heavy (non-hydrogen) atoms. The van der Waals surface area contributed by atoms with Gasteiger partial charge < -0.3 is 5.11 Å². The molecule has 1 heterocycles. The van der Waals surface area contributed by atoms with Crippen LogP contribution >= 0.6 is 34.8 Å². The number of carboxylic acids is 1. The molecule has 0 saturated heterocycles. The van der Waals surface area contributed by atoms with Gasteiger partial charge in [0.15, 0.2) is 0 Å². The normalized spacial score (nSPS) is 11.6. The largest absolute Gasteiger partial charge is 0.481 e. The molecule has 0 fully saturated rings. The number of benzene rings is 1. The Kier molecular flexibility index (Phi) is 5.08. The summed E-state index contributed by atoms with van der Waals surface area (Å²) in [5.74, 6) is -1.41. The number of hydrogen-bond donors (Lipinski definition) is 1. The predicted molar refractivity (Wildman–Crippen MR) is 81.0 cm³/mol. The minimum atomic E-state index is -4.74. The average Bonchev–Trinajstić information content (AvgIpc) is 2.42. The number of halogens is 6. The topological polar surface area (TPSA) is 50.2 Å². The van der Waals surface area contributed by atoms with Crippen molar-refractivity contribution in [1.82, 2.24) is 4.98 Å². The summed E-state index contributed by atoms with van der Waals surface area (Å²) in [6.07, 6.45) is -4.45. The van der Waals surface area contributed by atoms with Crippen LogP contribution in [0.25, 0.3) is 11.1 Å². The Labute approximate surface area is 143 Å². The summed E-state index contributed by atoms with van der Waals surface area (Å²) in [6.45, 7) is 0. The number of aromatic nitrogens is 1. The van der Waals surface area contributed by atoms with Crippen LogP contribution in [0, 0.1) is 0 Å². The van der Waals surface area contributed by atoms with Crippen LogP contribution in [-0.4, -0.2) is 16.1 Å². The molecule has 122 valence electrons. The molecular weight excluding hydrogens is 378 g/mol. The fourth-order valence-corrected chi connectivity index (χ4v) is 2.50. The van der Waals surface area contributed by atoms with Gasteiger partial charge in [0.25, 0.3) is 0 Å². The molecule has 1 aromatic carbocycles. The molecule has 9 heteroatoms. The number of carboxylic acid groups (broad SMARTS) is 1. The molecule has 2 aromatic rings. The Morgan fingerprint density at radius 1 is 1.09 bits per heavy atom. The van der Waals surface area contributed by atoms with E-state index in [4.69, 9.17) is 39.9 Å². The molecule has 0 aliphatic rings. The summed E-state index contributed by atoms with van der Waals surface area (Å²) >= 11 is 17.5. The van der Waals surface area contributed by atoms with E-state index in [9.17, 15) is 18.0 Å². The van der Waals surface area contributed by atoms with E-state index in [1.807, 2.05) is 0 Å². The second kappa shape index (κ2) is 6.55. The van der Waals surface area contributed by atoms with Crippen molar-refractivity contribution in [3.05, 3.63) is 50.7 Å². The van der Waals surface area contributed by atoms with Gasteiger partial charge in [0.05, 0.1) is 32.7 Å². The van der Waals surface area contributed by atoms with Crippen molar-refractivity contribution >= 4 is 40.8 Å². The first-order chi connectivity index (χ1) is 10.6. The van der Waals surface area contributed by atoms with E-state index in [0.717, 1.165) is 12.3 Å². The van der Waals surface area contributed by atoms with Crippen LogP contribution in [0.4, 0.5) is 13.2 Å². The molecule has 0 unspecified atom stereocenters. The van der Waals surface area contributed by atoms with Gasteiger partial charge in [-0.25, -0.2) is 0 Å². The molecule has 1 aromatic heterocycles. The number of rotatable bonds is 3. The maximum absolute atomic E-state index is 13.1. The summed E-state index contributed by atoms with van der Waals surface area (Å²) in [6, 6.07) is 3.51. The third-order valence-corrected chi connectivity index (χ3v) is 4.11. The molecule has 0 amide bonds. The van der Waals surface area contributed by atoms with Crippen molar-refractivity contribution in [3.8, 4) is 11.1 Å². The van der Waals surface area contributed by atoms with Crippen molar-refractivity contribution in [3.63, 3.8) is 0 Å². The molecule has 0 atom stereocenters. The van der Waals surface area contributed by atoms with Crippen LogP contribution < -0.4 is 0 Å². The predicted octanol–water partition coefficient (Wildman–Crippen LogP) is 5.35. The smallest absolute Gasteiger partial charge is 0.418 e. The minimum Gasteiger partial charge on any atom is -0.481 e. The minimum absolute atomic E-state index is 0.0809. The van der Waals surface area contributed by atoms with Crippen molar-refractivity contribution in [2.75, 3.05) is 0 Å². The number of alkyl halides is 3. The highest BCUT2D eigenvalue weighted by Gasteiger charge is 2.35. The molecule has 0 aliphatic carbocycles. The van der Waals surface area contributed by atoms with Crippen LogP contribution in [0.3, 0.4) is 0 Å². The highest BCUT2D eigenvalue weighted by molar-refractivity contribution is 6.48. The number of aliphatic carboxylic acids is 1. The summed E-state index contributed by atoms with van der Waals surface area (Å²) < 4.78 is 39.3. The van der Waals surface area contributed by atoms with Crippen molar-refractivity contribution in [1.29, 1.82) is 0 Å². The first kappa shape index (κ1) is 17.8.